The standard InChI is InChI=1S/C16H22O5/c1-18-12-21-11-16(7-14(16)8-17)10-20-9-13-3-5-15(19-2)6-4-13/h3-6,8,14H,7,9-12H2,1-2H3. The summed E-state index contributed by atoms with van der Waals surface area (Å²) in [5.74, 6) is 0.858. The van der Waals surface area contributed by atoms with Crippen molar-refractivity contribution in [3.63, 3.8) is 0 Å². The smallest absolute Gasteiger partial charge is 0.146 e. The normalized spacial score (nSPS) is 23.8. The molecule has 0 bridgehead atoms. The van der Waals surface area contributed by atoms with Crippen LogP contribution in [0.15, 0.2) is 24.3 Å². The highest BCUT2D eigenvalue weighted by Crippen LogP contribution is 2.51. The fraction of sp³-hybridized carbons (Fsp3) is 0.562. The van der Waals surface area contributed by atoms with Gasteiger partial charge in [-0.3, -0.25) is 0 Å². The molecule has 1 saturated carbocycles. The van der Waals surface area contributed by atoms with E-state index in [-0.39, 0.29) is 18.1 Å². The molecule has 1 aromatic rings. The van der Waals surface area contributed by atoms with Crippen LogP contribution >= 0.6 is 0 Å². The molecule has 0 spiro atoms. The number of benzene rings is 1. The van der Waals surface area contributed by atoms with Gasteiger partial charge >= 0.3 is 0 Å². The van der Waals surface area contributed by atoms with Crippen LogP contribution < -0.4 is 4.74 Å². The Balaban J connectivity index is 1.78. The quantitative estimate of drug-likeness (QED) is 0.375. The Kier molecular flexibility index (Phi) is 5.73. The fourth-order valence-corrected chi connectivity index (χ4v) is 2.37. The third-order valence-electron chi connectivity index (χ3n) is 3.83. The molecular weight excluding hydrogens is 272 g/mol. The van der Waals surface area contributed by atoms with Crippen molar-refractivity contribution in [2.24, 2.45) is 11.3 Å². The maximum atomic E-state index is 11.0. The van der Waals surface area contributed by atoms with E-state index >= 15 is 0 Å². The van der Waals surface area contributed by atoms with Crippen molar-refractivity contribution < 1.29 is 23.7 Å². The lowest BCUT2D eigenvalue weighted by Gasteiger charge is -2.16. The number of aldehydes is 1. The van der Waals surface area contributed by atoms with Crippen molar-refractivity contribution in [2.45, 2.75) is 13.0 Å². The van der Waals surface area contributed by atoms with Crippen LogP contribution in [0.3, 0.4) is 0 Å². The molecule has 0 aliphatic heterocycles. The van der Waals surface area contributed by atoms with E-state index in [1.54, 1.807) is 14.2 Å². The first-order valence-corrected chi connectivity index (χ1v) is 6.97. The summed E-state index contributed by atoms with van der Waals surface area (Å²) in [6.45, 7) is 1.77. The van der Waals surface area contributed by atoms with Gasteiger partial charge in [0.15, 0.2) is 0 Å². The van der Waals surface area contributed by atoms with Crippen LogP contribution in [0, 0.1) is 11.3 Å². The van der Waals surface area contributed by atoms with Crippen LogP contribution in [0.4, 0.5) is 0 Å². The van der Waals surface area contributed by atoms with Crippen LogP contribution in [0.1, 0.15) is 12.0 Å². The van der Waals surface area contributed by atoms with Gasteiger partial charge in [-0.1, -0.05) is 12.1 Å². The van der Waals surface area contributed by atoms with Gasteiger partial charge in [0.1, 0.15) is 18.8 Å². The molecule has 1 aliphatic rings. The minimum atomic E-state index is -0.174. The van der Waals surface area contributed by atoms with Crippen molar-refractivity contribution in [3.8, 4) is 5.75 Å². The van der Waals surface area contributed by atoms with Crippen LogP contribution in [0.25, 0.3) is 0 Å². The van der Waals surface area contributed by atoms with E-state index in [2.05, 4.69) is 0 Å². The molecule has 1 aromatic carbocycles. The maximum absolute atomic E-state index is 11.0. The molecule has 2 rings (SSSR count). The van der Waals surface area contributed by atoms with Gasteiger partial charge in [-0.05, 0) is 24.1 Å². The Morgan fingerprint density at radius 3 is 2.48 bits per heavy atom. The molecular formula is C16H22O5. The predicted octanol–water partition coefficient (Wildman–Crippen LogP) is 2.04. The van der Waals surface area contributed by atoms with Crippen LogP contribution in [0.5, 0.6) is 5.75 Å². The van der Waals surface area contributed by atoms with Crippen molar-refractivity contribution in [1.29, 1.82) is 0 Å². The zero-order valence-electron chi connectivity index (χ0n) is 12.5. The number of methoxy groups -OCH3 is 2. The highest BCUT2D eigenvalue weighted by molar-refractivity contribution is 5.60. The summed E-state index contributed by atoms with van der Waals surface area (Å²) < 4.78 is 21.1. The number of hydrogen-bond acceptors (Lipinski definition) is 5. The predicted molar refractivity (Wildman–Crippen MR) is 77.1 cm³/mol. The molecule has 0 amide bonds. The van der Waals surface area contributed by atoms with Crippen molar-refractivity contribution in [1.82, 2.24) is 0 Å². The van der Waals surface area contributed by atoms with Crippen molar-refractivity contribution in [2.75, 3.05) is 34.2 Å². The SMILES string of the molecule is COCOCC1(COCc2ccc(OC)cc2)CC1C=O. The Morgan fingerprint density at radius 2 is 1.90 bits per heavy atom. The van der Waals surface area contributed by atoms with E-state index < -0.39 is 0 Å². The number of carbonyl (C=O) groups excluding carboxylic acids is 1. The topological polar surface area (TPSA) is 54.0 Å². The molecule has 0 N–H and O–H groups in total. The highest BCUT2D eigenvalue weighted by Gasteiger charge is 2.54. The average Bonchev–Trinajstić information content (AvgIpc) is 3.22. The number of carbonyl (C=O) groups is 1. The number of hydrogen-bond donors (Lipinski definition) is 0. The van der Waals surface area contributed by atoms with Crippen LogP contribution in [-0.4, -0.2) is 40.5 Å². The lowest BCUT2D eigenvalue weighted by molar-refractivity contribution is -0.111. The molecule has 5 nitrogen and oxygen atoms in total. The average molecular weight is 294 g/mol. The van der Waals surface area contributed by atoms with Crippen LogP contribution in [-0.2, 0) is 25.6 Å². The van der Waals surface area contributed by atoms with E-state index in [4.69, 9.17) is 18.9 Å². The van der Waals surface area contributed by atoms with Crippen LogP contribution in [0.2, 0.25) is 0 Å². The summed E-state index contributed by atoms with van der Waals surface area (Å²) in [4.78, 5) is 11.0. The molecule has 0 saturated heterocycles. The molecule has 0 heterocycles. The molecule has 5 heteroatoms. The lowest BCUT2D eigenvalue weighted by atomic mass is 10.1. The first-order chi connectivity index (χ1) is 10.2. The molecule has 116 valence electrons. The second kappa shape index (κ2) is 7.54. The summed E-state index contributed by atoms with van der Waals surface area (Å²) in [6.07, 6.45) is 1.82. The van der Waals surface area contributed by atoms with Gasteiger partial charge < -0.3 is 23.7 Å². The zero-order chi connectivity index (χ0) is 15.1. The number of ether oxygens (including phenoxy) is 4. The van der Waals surface area contributed by atoms with Crippen molar-refractivity contribution >= 4 is 6.29 Å². The van der Waals surface area contributed by atoms with Gasteiger partial charge in [0, 0.05) is 18.4 Å². The maximum Gasteiger partial charge on any atom is 0.146 e. The van der Waals surface area contributed by atoms with Crippen molar-refractivity contribution in [3.05, 3.63) is 29.8 Å². The van der Waals surface area contributed by atoms with E-state index in [9.17, 15) is 4.79 Å². The highest BCUT2D eigenvalue weighted by atomic mass is 16.7. The third-order valence-corrected chi connectivity index (χ3v) is 3.83. The molecule has 2 atom stereocenters. The Morgan fingerprint density at radius 1 is 1.19 bits per heavy atom. The van der Waals surface area contributed by atoms with E-state index in [1.165, 1.54) is 0 Å². The zero-order valence-corrected chi connectivity index (χ0v) is 12.5. The summed E-state index contributed by atoms with van der Waals surface area (Å²) in [6, 6.07) is 7.75. The van der Waals surface area contributed by atoms with Gasteiger partial charge in [0.05, 0.1) is 26.9 Å². The Labute approximate surface area is 125 Å². The molecule has 1 fully saturated rings. The Bertz CT molecular complexity index is 444. The minimum absolute atomic E-state index is 0.0326. The fourth-order valence-electron chi connectivity index (χ4n) is 2.37. The van der Waals surface area contributed by atoms with Gasteiger partial charge in [0.25, 0.3) is 0 Å². The largest absolute Gasteiger partial charge is 0.497 e. The molecule has 0 aromatic heterocycles. The van der Waals surface area contributed by atoms with E-state index in [0.29, 0.717) is 19.8 Å². The van der Waals surface area contributed by atoms with Gasteiger partial charge in [-0.25, -0.2) is 0 Å². The third kappa shape index (κ3) is 4.27. The Hall–Kier alpha value is -1.43. The van der Waals surface area contributed by atoms with Gasteiger partial charge in [-0.15, -0.1) is 0 Å². The summed E-state index contributed by atoms with van der Waals surface area (Å²) in [5.41, 5.74) is 0.902. The first kappa shape index (κ1) is 15.9. The minimum Gasteiger partial charge on any atom is -0.497 e. The molecule has 2 unspecified atom stereocenters. The summed E-state index contributed by atoms with van der Waals surface area (Å²) in [5, 5.41) is 0. The first-order valence-electron chi connectivity index (χ1n) is 6.97. The van der Waals surface area contributed by atoms with Gasteiger partial charge in [-0.2, -0.15) is 0 Å². The van der Waals surface area contributed by atoms with E-state index in [0.717, 1.165) is 24.0 Å². The van der Waals surface area contributed by atoms with E-state index in [1.807, 2.05) is 24.3 Å². The lowest BCUT2D eigenvalue weighted by Crippen LogP contribution is -2.21. The summed E-state index contributed by atoms with van der Waals surface area (Å²) in [7, 11) is 3.22. The molecule has 1 aliphatic carbocycles. The molecule has 21 heavy (non-hydrogen) atoms. The van der Waals surface area contributed by atoms with Gasteiger partial charge in [0.2, 0.25) is 0 Å². The summed E-state index contributed by atoms with van der Waals surface area (Å²) >= 11 is 0. The number of rotatable bonds is 10. The second-order valence-electron chi connectivity index (χ2n) is 5.40. The molecule has 0 radical (unpaired) electrons. The monoisotopic (exact) mass is 294 g/mol. The second-order valence-corrected chi connectivity index (χ2v) is 5.40.